The van der Waals surface area contributed by atoms with Crippen LogP contribution >= 0.6 is 0 Å². The molecule has 0 aliphatic heterocycles. The molecule has 0 bridgehead atoms. The van der Waals surface area contributed by atoms with E-state index in [9.17, 15) is 0 Å². The highest BCUT2D eigenvalue weighted by molar-refractivity contribution is 5.90. The van der Waals surface area contributed by atoms with Gasteiger partial charge in [0.15, 0.2) is 0 Å². The van der Waals surface area contributed by atoms with Crippen molar-refractivity contribution < 1.29 is 0 Å². The summed E-state index contributed by atoms with van der Waals surface area (Å²) in [5.41, 5.74) is 20.8. The second kappa shape index (κ2) is 12.8. The van der Waals surface area contributed by atoms with Crippen LogP contribution in [0.1, 0.15) is 79.1 Å². The van der Waals surface area contributed by atoms with Crippen molar-refractivity contribution in [3.63, 3.8) is 0 Å². The molecule has 3 aliphatic rings. The summed E-state index contributed by atoms with van der Waals surface area (Å²) in [5.74, 6) is 0. The van der Waals surface area contributed by atoms with Gasteiger partial charge >= 0.3 is 0 Å². The van der Waals surface area contributed by atoms with E-state index >= 15 is 0 Å². The highest BCUT2D eigenvalue weighted by Crippen LogP contribution is 2.58. The van der Waals surface area contributed by atoms with Gasteiger partial charge in [-0.3, -0.25) is 0 Å². The zero-order chi connectivity index (χ0) is 39.1. The van der Waals surface area contributed by atoms with Gasteiger partial charge in [0, 0.05) is 27.9 Å². The van der Waals surface area contributed by atoms with E-state index in [1.54, 1.807) is 0 Å². The van der Waals surface area contributed by atoms with Crippen molar-refractivity contribution in [2.45, 2.75) is 50.9 Å². The third-order valence-electron chi connectivity index (χ3n) is 13.4. The summed E-state index contributed by atoms with van der Waals surface area (Å²) >= 11 is 0. The molecule has 0 fully saturated rings. The van der Waals surface area contributed by atoms with Gasteiger partial charge < -0.3 is 4.90 Å². The molecule has 0 atom stereocenters. The van der Waals surface area contributed by atoms with Crippen LogP contribution in [0.15, 0.2) is 200 Å². The van der Waals surface area contributed by atoms with Crippen LogP contribution in [0.4, 0.5) is 11.4 Å². The summed E-state index contributed by atoms with van der Waals surface area (Å²) in [4.78, 5) is 2.45. The molecule has 7 aromatic carbocycles. The maximum absolute atomic E-state index is 4.53. The zero-order valence-corrected chi connectivity index (χ0v) is 33.5. The van der Waals surface area contributed by atoms with Gasteiger partial charge in [0.1, 0.15) is 0 Å². The SMILES string of the molecule is C=C/C(=C\C1=C(C)c2ccccc2C1(C)C)N(c1ccc2c(c1)C(C)(C)c1ccccc1-2)c1ccc2c(c1)C(c1ccccc1)(c1ccccc1)c1ccccc1-2. The van der Waals surface area contributed by atoms with Crippen LogP contribution in [0.3, 0.4) is 0 Å². The van der Waals surface area contributed by atoms with E-state index in [4.69, 9.17) is 0 Å². The van der Waals surface area contributed by atoms with E-state index in [1.807, 2.05) is 0 Å². The Hall–Kier alpha value is -6.44. The highest BCUT2D eigenvalue weighted by atomic mass is 15.1. The smallest absolute Gasteiger partial charge is 0.0714 e. The van der Waals surface area contributed by atoms with Crippen LogP contribution in [0.5, 0.6) is 0 Å². The molecular weight excluding hydrogens is 687 g/mol. The summed E-state index contributed by atoms with van der Waals surface area (Å²) in [6.07, 6.45) is 4.45. The van der Waals surface area contributed by atoms with Crippen LogP contribution in [-0.2, 0) is 16.2 Å². The fourth-order valence-corrected chi connectivity index (χ4v) is 10.6. The van der Waals surface area contributed by atoms with Gasteiger partial charge in [0.2, 0.25) is 0 Å². The Bertz CT molecular complexity index is 2770. The molecular formula is C56H47N. The maximum Gasteiger partial charge on any atom is 0.0714 e. The molecule has 1 heteroatoms. The number of nitrogens with zero attached hydrogens (tertiary/aromatic N) is 1. The van der Waals surface area contributed by atoms with Crippen molar-refractivity contribution in [1.82, 2.24) is 0 Å². The van der Waals surface area contributed by atoms with Crippen molar-refractivity contribution in [3.05, 3.63) is 244 Å². The first-order valence-corrected chi connectivity index (χ1v) is 20.2. The third kappa shape index (κ3) is 4.95. The second-order valence-corrected chi connectivity index (χ2v) is 17.0. The molecule has 0 heterocycles. The number of anilines is 2. The molecule has 0 saturated carbocycles. The molecule has 0 radical (unpaired) electrons. The fourth-order valence-electron chi connectivity index (χ4n) is 10.6. The lowest BCUT2D eigenvalue weighted by Gasteiger charge is -2.35. The summed E-state index contributed by atoms with van der Waals surface area (Å²) in [5, 5.41) is 0. The van der Waals surface area contributed by atoms with Gasteiger partial charge in [-0.1, -0.05) is 180 Å². The zero-order valence-electron chi connectivity index (χ0n) is 33.5. The average molecular weight is 734 g/mol. The topological polar surface area (TPSA) is 3.24 Å². The largest absolute Gasteiger partial charge is 0.310 e. The standard InChI is InChI=1S/C56H47N/c1-7-40(34-51-37(2)43-24-14-17-27-48(43)54(51,3)4)57(41-30-32-46-44-25-15-18-28-49(44)55(5,6)52(46)35-41)42-31-33-47-45-26-16-19-29-50(45)56(53(47)36-42,38-20-10-8-11-21-38)39-22-12-9-13-23-39/h7-36H,1H2,2-6H3/b40-34+. The number of hydrogen-bond acceptors (Lipinski definition) is 1. The predicted molar refractivity (Wildman–Crippen MR) is 240 cm³/mol. The Morgan fingerprint density at radius 1 is 0.456 bits per heavy atom. The molecule has 7 aromatic rings. The minimum absolute atomic E-state index is 0.144. The fraction of sp³-hybridized carbons (Fsp3) is 0.143. The number of allylic oxidation sites excluding steroid dienone is 4. The van der Waals surface area contributed by atoms with Crippen molar-refractivity contribution >= 4 is 16.9 Å². The monoisotopic (exact) mass is 733 g/mol. The quantitative estimate of drug-likeness (QED) is 0.147. The van der Waals surface area contributed by atoms with E-state index in [2.05, 4.69) is 228 Å². The van der Waals surface area contributed by atoms with Gasteiger partial charge in [-0.2, -0.15) is 0 Å². The van der Waals surface area contributed by atoms with Gasteiger partial charge in [0.25, 0.3) is 0 Å². The van der Waals surface area contributed by atoms with E-state index in [-0.39, 0.29) is 10.8 Å². The first kappa shape index (κ1) is 35.0. The van der Waals surface area contributed by atoms with Gasteiger partial charge in [-0.05, 0) is 121 Å². The Morgan fingerprint density at radius 2 is 0.895 bits per heavy atom. The maximum atomic E-state index is 4.53. The van der Waals surface area contributed by atoms with E-state index in [0.717, 1.165) is 17.1 Å². The highest BCUT2D eigenvalue weighted by Gasteiger charge is 2.46. The predicted octanol–water partition coefficient (Wildman–Crippen LogP) is 14.3. The lowest BCUT2D eigenvalue weighted by atomic mass is 9.67. The molecule has 0 unspecified atom stereocenters. The lowest BCUT2D eigenvalue weighted by molar-refractivity contribution is 0.653. The Morgan fingerprint density at radius 3 is 1.46 bits per heavy atom. The van der Waals surface area contributed by atoms with Crippen LogP contribution in [0.2, 0.25) is 0 Å². The number of fused-ring (bicyclic) bond motifs is 7. The molecule has 0 saturated heterocycles. The summed E-state index contributed by atoms with van der Waals surface area (Å²) in [7, 11) is 0. The van der Waals surface area contributed by atoms with Crippen molar-refractivity contribution in [2.24, 2.45) is 0 Å². The Labute approximate surface area is 338 Å². The van der Waals surface area contributed by atoms with Crippen LogP contribution in [0, 0.1) is 0 Å². The molecule has 0 spiro atoms. The minimum atomic E-state index is -0.510. The number of hydrogen-bond donors (Lipinski definition) is 0. The molecule has 10 rings (SSSR count). The molecule has 276 valence electrons. The third-order valence-corrected chi connectivity index (χ3v) is 13.4. The van der Waals surface area contributed by atoms with E-state index < -0.39 is 5.41 Å². The van der Waals surface area contributed by atoms with Gasteiger partial charge in [-0.15, -0.1) is 0 Å². The van der Waals surface area contributed by atoms with Crippen molar-refractivity contribution in [3.8, 4) is 22.3 Å². The average Bonchev–Trinajstić information content (AvgIpc) is 3.75. The van der Waals surface area contributed by atoms with Crippen LogP contribution in [-0.4, -0.2) is 0 Å². The molecule has 0 aromatic heterocycles. The molecule has 0 amide bonds. The molecule has 0 N–H and O–H groups in total. The second-order valence-electron chi connectivity index (χ2n) is 17.0. The molecule has 57 heavy (non-hydrogen) atoms. The van der Waals surface area contributed by atoms with Crippen LogP contribution < -0.4 is 4.90 Å². The summed E-state index contributed by atoms with van der Waals surface area (Å²) in [6, 6.07) is 63.2. The molecule has 3 aliphatic carbocycles. The van der Waals surface area contributed by atoms with Crippen LogP contribution in [0.25, 0.3) is 27.8 Å². The lowest BCUT2D eigenvalue weighted by Crippen LogP contribution is -2.29. The minimum Gasteiger partial charge on any atom is -0.310 e. The Kier molecular flexibility index (Phi) is 7.86. The summed E-state index contributed by atoms with van der Waals surface area (Å²) in [6.45, 7) is 16.2. The van der Waals surface area contributed by atoms with E-state index in [1.165, 1.54) is 77.9 Å². The Balaban J connectivity index is 1.24. The molecule has 1 nitrogen and oxygen atoms in total. The normalized spacial score (nSPS) is 16.3. The number of benzene rings is 7. The van der Waals surface area contributed by atoms with Gasteiger partial charge in [0.05, 0.1) is 5.41 Å². The van der Waals surface area contributed by atoms with E-state index in [0.29, 0.717) is 0 Å². The van der Waals surface area contributed by atoms with Crippen molar-refractivity contribution in [1.29, 1.82) is 0 Å². The first-order valence-electron chi connectivity index (χ1n) is 20.2. The van der Waals surface area contributed by atoms with Crippen molar-refractivity contribution in [2.75, 3.05) is 4.90 Å². The number of rotatable bonds is 7. The van der Waals surface area contributed by atoms with Gasteiger partial charge in [-0.25, -0.2) is 0 Å². The first-order chi connectivity index (χ1) is 27.7. The summed E-state index contributed by atoms with van der Waals surface area (Å²) < 4.78 is 0.